The van der Waals surface area contributed by atoms with Crippen LogP contribution in [0.2, 0.25) is 0 Å². The van der Waals surface area contributed by atoms with Gasteiger partial charge in [0.15, 0.2) is 0 Å². The Balaban J connectivity index is 0.00000144. The summed E-state index contributed by atoms with van der Waals surface area (Å²) in [5.41, 5.74) is 7.69. The minimum atomic E-state index is 0. The van der Waals surface area contributed by atoms with Crippen molar-refractivity contribution >= 4 is 12.4 Å². The van der Waals surface area contributed by atoms with Crippen LogP contribution in [0.1, 0.15) is 0 Å². The molecule has 0 aliphatic carbocycles. The average molecular weight is 254 g/mol. The Morgan fingerprint density at radius 2 is 1.94 bits per heavy atom. The zero-order valence-electron chi connectivity index (χ0n) is 9.67. The molecular formula is C12H16ClN3O. The molecule has 5 heteroatoms. The molecule has 0 aliphatic heterocycles. The van der Waals surface area contributed by atoms with Gasteiger partial charge in [-0.3, -0.25) is 4.68 Å². The van der Waals surface area contributed by atoms with E-state index in [0.29, 0.717) is 6.54 Å². The van der Waals surface area contributed by atoms with Gasteiger partial charge in [0, 0.05) is 18.3 Å². The molecular weight excluding hydrogens is 238 g/mol. The number of halogens is 1. The lowest BCUT2D eigenvalue weighted by atomic mass is 10.1. The van der Waals surface area contributed by atoms with Crippen LogP contribution in [0.5, 0.6) is 5.75 Å². The van der Waals surface area contributed by atoms with Crippen molar-refractivity contribution in [3.63, 3.8) is 0 Å². The second kappa shape index (κ2) is 6.27. The highest BCUT2D eigenvalue weighted by molar-refractivity contribution is 5.85. The molecule has 0 fully saturated rings. The summed E-state index contributed by atoms with van der Waals surface area (Å²) in [5, 5.41) is 4.23. The van der Waals surface area contributed by atoms with Crippen LogP contribution in [-0.2, 0) is 6.54 Å². The molecule has 17 heavy (non-hydrogen) atoms. The first-order chi connectivity index (χ1) is 7.83. The molecule has 0 saturated heterocycles. The molecule has 1 aromatic heterocycles. The van der Waals surface area contributed by atoms with E-state index in [9.17, 15) is 0 Å². The molecule has 1 heterocycles. The molecule has 0 amide bonds. The molecule has 2 rings (SSSR count). The number of hydrogen-bond donors (Lipinski definition) is 1. The summed E-state index contributed by atoms with van der Waals surface area (Å²) < 4.78 is 6.96. The van der Waals surface area contributed by atoms with E-state index < -0.39 is 0 Å². The average Bonchev–Trinajstić information content (AvgIpc) is 2.78. The van der Waals surface area contributed by atoms with Gasteiger partial charge in [-0.25, -0.2) is 0 Å². The molecule has 4 nitrogen and oxygen atoms in total. The third-order valence-electron chi connectivity index (χ3n) is 2.41. The summed E-state index contributed by atoms with van der Waals surface area (Å²) in [6.45, 7) is 1.35. The molecule has 0 spiro atoms. The van der Waals surface area contributed by atoms with Crippen molar-refractivity contribution in [3.8, 4) is 16.9 Å². The highest BCUT2D eigenvalue weighted by Crippen LogP contribution is 2.21. The van der Waals surface area contributed by atoms with Crippen LogP contribution < -0.4 is 10.5 Å². The number of nitrogens with zero attached hydrogens (tertiary/aromatic N) is 2. The predicted octanol–water partition coefficient (Wildman–Crippen LogP) is 1.94. The SMILES string of the molecule is COc1ccc(-c2cnn(CCN)c2)cc1.Cl. The van der Waals surface area contributed by atoms with E-state index in [0.717, 1.165) is 23.4 Å². The van der Waals surface area contributed by atoms with Gasteiger partial charge < -0.3 is 10.5 Å². The number of ether oxygens (including phenoxy) is 1. The first kappa shape index (κ1) is 13.5. The fourth-order valence-corrected chi connectivity index (χ4v) is 1.55. The van der Waals surface area contributed by atoms with E-state index in [1.807, 2.05) is 41.3 Å². The van der Waals surface area contributed by atoms with Gasteiger partial charge in [-0.15, -0.1) is 12.4 Å². The number of rotatable bonds is 4. The van der Waals surface area contributed by atoms with Crippen LogP contribution in [-0.4, -0.2) is 23.4 Å². The lowest BCUT2D eigenvalue weighted by Gasteiger charge is -2.00. The number of methoxy groups -OCH3 is 1. The predicted molar refractivity (Wildman–Crippen MR) is 70.5 cm³/mol. The second-order valence-electron chi connectivity index (χ2n) is 3.51. The van der Waals surface area contributed by atoms with Gasteiger partial charge >= 0.3 is 0 Å². The zero-order chi connectivity index (χ0) is 11.4. The van der Waals surface area contributed by atoms with Gasteiger partial charge in [0.1, 0.15) is 5.75 Å². The summed E-state index contributed by atoms with van der Waals surface area (Å²) in [6.07, 6.45) is 3.84. The molecule has 2 aromatic rings. The van der Waals surface area contributed by atoms with Crippen LogP contribution in [0.25, 0.3) is 11.1 Å². The highest BCUT2D eigenvalue weighted by atomic mass is 35.5. The quantitative estimate of drug-likeness (QED) is 0.906. The van der Waals surface area contributed by atoms with Crippen LogP contribution in [0.15, 0.2) is 36.7 Å². The van der Waals surface area contributed by atoms with Gasteiger partial charge in [-0.1, -0.05) is 12.1 Å². The third kappa shape index (κ3) is 3.22. The standard InChI is InChI=1S/C12H15N3O.ClH/c1-16-12-4-2-10(3-5-12)11-8-14-15(9-11)7-6-13;/h2-5,8-9H,6-7,13H2,1H3;1H. The monoisotopic (exact) mass is 253 g/mol. The van der Waals surface area contributed by atoms with Crippen molar-refractivity contribution in [2.45, 2.75) is 6.54 Å². The van der Waals surface area contributed by atoms with Crippen molar-refractivity contribution in [3.05, 3.63) is 36.7 Å². The molecule has 0 bridgehead atoms. The molecule has 0 saturated carbocycles. The second-order valence-corrected chi connectivity index (χ2v) is 3.51. The van der Waals surface area contributed by atoms with Crippen molar-refractivity contribution in [2.24, 2.45) is 5.73 Å². The summed E-state index contributed by atoms with van der Waals surface area (Å²) >= 11 is 0. The lowest BCUT2D eigenvalue weighted by Crippen LogP contribution is -2.09. The van der Waals surface area contributed by atoms with E-state index in [1.54, 1.807) is 7.11 Å². The van der Waals surface area contributed by atoms with Crippen LogP contribution in [0, 0.1) is 0 Å². The van der Waals surface area contributed by atoms with Gasteiger partial charge in [-0.2, -0.15) is 5.10 Å². The Morgan fingerprint density at radius 1 is 1.24 bits per heavy atom. The topological polar surface area (TPSA) is 53.1 Å². The first-order valence-electron chi connectivity index (χ1n) is 5.20. The minimum Gasteiger partial charge on any atom is -0.497 e. The van der Waals surface area contributed by atoms with Crippen LogP contribution in [0.3, 0.4) is 0 Å². The van der Waals surface area contributed by atoms with Crippen LogP contribution in [0.4, 0.5) is 0 Å². The lowest BCUT2D eigenvalue weighted by molar-refractivity contribution is 0.415. The fourth-order valence-electron chi connectivity index (χ4n) is 1.55. The Kier molecular flexibility index (Phi) is 5.00. The normalized spacial score (nSPS) is 9.76. The maximum Gasteiger partial charge on any atom is 0.118 e. The zero-order valence-corrected chi connectivity index (χ0v) is 10.5. The molecule has 0 unspecified atom stereocenters. The number of aromatic nitrogens is 2. The first-order valence-corrected chi connectivity index (χ1v) is 5.20. The highest BCUT2D eigenvalue weighted by Gasteiger charge is 2.01. The number of hydrogen-bond acceptors (Lipinski definition) is 3. The van der Waals surface area contributed by atoms with Crippen molar-refractivity contribution in [2.75, 3.05) is 13.7 Å². The molecule has 0 radical (unpaired) electrons. The maximum absolute atomic E-state index is 5.47. The third-order valence-corrected chi connectivity index (χ3v) is 2.41. The van der Waals surface area contributed by atoms with Crippen molar-refractivity contribution in [1.82, 2.24) is 9.78 Å². The minimum absolute atomic E-state index is 0. The van der Waals surface area contributed by atoms with E-state index >= 15 is 0 Å². The van der Waals surface area contributed by atoms with Crippen molar-refractivity contribution in [1.29, 1.82) is 0 Å². The Morgan fingerprint density at radius 3 is 2.53 bits per heavy atom. The fraction of sp³-hybridized carbons (Fsp3) is 0.250. The summed E-state index contributed by atoms with van der Waals surface area (Å²) in [6, 6.07) is 7.91. The van der Waals surface area contributed by atoms with Crippen LogP contribution >= 0.6 is 12.4 Å². The van der Waals surface area contributed by atoms with Gasteiger partial charge in [0.2, 0.25) is 0 Å². The van der Waals surface area contributed by atoms with Gasteiger partial charge in [-0.05, 0) is 17.7 Å². The molecule has 92 valence electrons. The Labute approximate surface area is 107 Å². The van der Waals surface area contributed by atoms with Gasteiger partial charge in [0.05, 0.1) is 19.9 Å². The Hall–Kier alpha value is -1.52. The van der Waals surface area contributed by atoms with E-state index in [1.165, 1.54) is 0 Å². The smallest absolute Gasteiger partial charge is 0.118 e. The molecule has 0 atom stereocenters. The number of benzene rings is 1. The summed E-state index contributed by atoms with van der Waals surface area (Å²) in [4.78, 5) is 0. The largest absolute Gasteiger partial charge is 0.497 e. The van der Waals surface area contributed by atoms with E-state index in [2.05, 4.69) is 5.10 Å². The Bertz CT molecular complexity index is 453. The maximum atomic E-state index is 5.47. The van der Waals surface area contributed by atoms with Gasteiger partial charge in [0.25, 0.3) is 0 Å². The molecule has 0 aliphatic rings. The molecule has 1 aromatic carbocycles. The van der Waals surface area contributed by atoms with Crippen molar-refractivity contribution < 1.29 is 4.74 Å². The summed E-state index contributed by atoms with van der Waals surface area (Å²) in [7, 11) is 1.66. The number of nitrogens with two attached hydrogens (primary N) is 1. The van der Waals surface area contributed by atoms with E-state index in [4.69, 9.17) is 10.5 Å². The van der Waals surface area contributed by atoms with E-state index in [-0.39, 0.29) is 12.4 Å². The molecule has 2 N–H and O–H groups in total. The summed E-state index contributed by atoms with van der Waals surface area (Å²) in [5.74, 6) is 0.859.